The van der Waals surface area contributed by atoms with Gasteiger partial charge in [0, 0.05) is 0 Å². The van der Waals surface area contributed by atoms with E-state index in [1.165, 1.54) is 12.1 Å². The summed E-state index contributed by atoms with van der Waals surface area (Å²) in [6.07, 6.45) is 0. The molecular weight excluding hydrogens is 272 g/mol. The average Bonchev–Trinajstić information content (AvgIpc) is 2.52. The van der Waals surface area contributed by atoms with E-state index in [0.29, 0.717) is 23.9 Å². The molecule has 0 heterocycles. The predicted octanol–water partition coefficient (Wildman–Crippen LogP) is 2.98. The van der Waals surface area contributed by atoms with E-state index in [9.17, 15) is 4.79 Å². The van der Waals surface area contributed by atoms with E-state index in [1.807, 2.05) is 18.2 Å². The Balaban J connectivity index is 2.04. The molecule has 0 saturated carbocycles. The van der Waals surface area contributed by atoms with Crippen LogP contribution < -0.4 is 14.2 Å². The van der Waals surface area contributed by atoms with Gasteiger partial charge < -0.3 is 19.3 Å². The molecule has 0 amide bonds. The highest BCUT2D eigenvalue weighted by Gasteiger charge is 2.06. The van der Waals surface area contributed by atoms with Crippen LogP contribution in [0.3, 0.4) is 0 Å². The standard InChI is InChI=1S/C16H16O5/c1-19-14-8-3-11(9-15(14)20-2)10-21-13-6-4-12(5-7-13)16(17)18/h3-9H,10H2,1-2H3,(H,17,18). The van der Waals surface area contributed by atoms with E-state index < -0.39 is 5.97 Å². The zero-order valence-electron chi connectivity index (χ0n) is 11.8. The van der Waals surface area contributed by atoms with Crippen LogP contribution in [0.15, 0.2) is 42.5 Å². The van der Waals surface area contributed by atoms with Crippen LogP contribution in [0, 0.1) is 0 Å². The zero-order valence-corrected chi connectivity index (χ0v) is 11.8. The van der Waals surface area contributed by atoms with Gasteiger partial charge in [-0.05, 0) is 42.0 Å². The third kappa shape index (κ3) is 3.66. The molecule has 2 aromatic carbocycles. The molecule has 0 saturated heterocycles. The minimum absolute atomic E-state index is 0.230. The molecule has 0 bridgehead atoms. The number of hydrogen-bond donors (Lipinski definition) is 1. The monoisotopic (exact) mass is 288 g/mol. The molecule has 0 fully saturated rings. The molecule has 0 unspecified atom stereocenters. The van der Waals surface area contributed by atoms with Crippen molar-refractivity contribution >= 4 is 5.97 Å². The van der Waals surface area contributed by atoms with Crippen molar-refractivity contribution in [2.75, 3.05) is 14.2 Å². The first-order valence-electron chi connectivity index (χ1n) is 6.31. The third-order valence-corrected chi connectivity index (χ3v) is 2.95. The Labute approximate surface area is 122 Å². The van der Waals surface area contributed by atoms with Gasteiger partial charge in [0.05, 0.1) is 19.8 Å². The van der Waals surface area contributed by atoms with Crippen molar-refractivity contribution in [2.45, 2.75) is 6.61 Å². The Morgan fingerprint density at radius 2 is 1.67 bits per heavy atom. The summed E-state index contributed by atoms with van der Waals surface area (Å²) in [5.74, 6) is 0.947. The van der Waals surface area contributed by atoms with E-state index in [-0.39, 0.29) is 5.56 Å². The summed E-state index contributed by atoms with van der Waals surface area (Å²) in [7, 11) is 3.16. The first-order valence-corrected chi connectivity index (χ1v) is 6.31. The Morgan fingerprint density at radius 3 is 2.24 bits per heavy atom. The van der Waals surface area contributed by atoms with Crippen molar-refractivity contribution in [3.63, 3.8) is 0 Å². The lowest BCUT2D eigenvalue weighted by atomic mass is 10.2. The minimum atomic E-state index is -0.957. The van der Waals surface area contributed by atoms with Crippen LogP contribution in [0.25, 0.3) is 0 Å². The van der Waals surface area contributed by atoms with E-state index in [1.54, 1.807) is 26.4 Å². The van der Waals surface area contributed by atoms with Crippen molar-refractivity contribution in [3.05, 3.63) is 53.6 Å². The smallest absolute Gasteiger partial charge is 0.335 e. The number of hydrogen-bond acceptors (Lipinski definition) is 4. The molecule has 5 heteroatoms. The maximum absolute atomic E-state index is 10.8. The number of carbonyl (C=O) groups is 1. The molecule has 0 atom stereocenters. The Bertz CT molecular complexity index is 619. The number of methoxy groups -OCH3 is 2. The van der Waals surface area contributed by atoms with E-state index >= 15 is 0 Å². The highest BCUT2D eigenvalue weighted by Crippen LogP contribution is 2.28. The average molecular weight is 288 g/mol. The van der Waals surface area contributed by atoms with Crippen LogP contribution in [0.2, 0.25) is 0 Å². The van der Waals surface area contributed by atoms with Gasteiger partial charge in [0.1, 0.15) is 12.4 Å². The summed E-state index contributed by atoms with van der Waals surface area (Å²) in [5.41, 5.74) is 1.16. The number of aromatic carboxylic acids is 1. The number of rotatable bonds is 6. The van der Waals surface area contributed by atoms with Gasteiger partial charge in [-0.1, -0.05) is 6.07 Å². The second kappa shape index (κ2) is 6.65. The van der Waals surface area contributed by atoms with Gasteiger partial charge in [-0.3, -0.25) is 0 Å². The first-order chi connectivity index (χ1) is 10.1. The van der Waals surface area contributed by atoms with Crippen molar-refractivity contribution in [2.24, 2.45) is 0 Å². The first kappa shape index (κ1) is 14.7. The van der Waals surface area contributed by atoms with Crippen LogP contribution >= 0.6 is 0 Å². The fourth-order valence-corrected chi connectivity index (χ4v) is 1.83. The summed E-state index contributed by atoms with van der Waals surface area (Å²) < 4.78 is 16.0. The van der Waals surface area contributed by atoms with Gasteiger partial charge in [-0.15, -0.1) is 0 Å². The molecule has 0 radical (unpaired) electrons. The molecule has 2 rings (SSSR count). The molecule has 1 N–H and O–H groups in total. The molecule has 2 aromatic rings. The second-order valence-electron chi connectivity index (χ2n) is 4.31. The fourth-order valence-electron chi connectivity index (χ4n) is 1.83. The molecule has 21 heavy (non-hydrogen) atoms. The molecule has 0 aliphatic heterocycles. The van der Waals surface area contributed by atoms with Crippen LogP contribution in [0.5, 0.6) is 17.2 Å². The summed E-state index contributed by atoms with van der Waals surface area (Å²) in [6.45, 7) is 0.354. The molecule has 0 aromatic heterocycles. The van der Waals surface area contributed by atoms with Gasteiger partial charge in [-0.2, -0.15) is 0 Å². The maximum atomic E-state index is 10.8. The molecule has 0 aliphatic rings. The number of benzene rings is 2. The van der Waals surface area contributed by atoms with Crippen LogP contribution in [-0.2, 0) is 6.61 Å². The van der Waals surface area contributed by atoms with Gasteiger partial charge in [0.15, 0.2) is 11.5 Å². The Kier molecular flexibility index (Phi) is 4.66. The maximum Gasteiger partial charge on any atom is 0.335 e. The fraction of sp³-hybridized carbons (Fsp3) is 0.188. The highest BCUT2D eigenvalue weighted by molar-refractivity contribution is 5.87. The lowest BCUT2D eigenvalue weighted by Crippen LogP contribution is -1.99. The topological polar surface area (TPSA) is 65.0 Å². The molecule has 0 aliphatic carbocycles. The molecule has 0 spiro atoms. The van der Waals surface area contributed by atoms with Gasteiger partial charge >= 0.3 is 5.97 Å². The lowest BCUT2D eigenvalue weighted by Gasteiger charge is -2.10. The summed E-state index contributed by atoms with van der Waals surface area (Å²) in [4.78, 5) is 10.8. The largest absolute Gasteiger partial charge is 0.493 e. The predicted molar refractivity (Wildman–Crippen MR) is 77.3 cm³/mol. The van der Waals surface area contributed by atoms with Crippen LogP contribution in [0.1, 0.15) is 15.9 Å². The van der Waals surface area contributed by atoms with Gasteiger partial charge in [0.25, 0.3) is 0 Å². The van der Waals surface area contributed by atoms with Gasteiger partial charge in [0.2, 0.25) is 0 Å². The normalized spacial score (nSPS) is 10.0. The van der Waals surface area contributed by atoms with E-state index in [2.05, 4.69) is 0 Å². The minimum Gasteiger partial charge on any atom is -0.493 e. The van der Waals surface area contributed by atoms with Crippen molar-refractivity contribution < 1.29 is 24.1 Å². The SMILES string of the molecule is COc1ccc(COc2ccc(C(=O)O)cc2)cc1OC. The van der Waals surface area contributed by atoms with Crippen LogP contribution in [-0.4, -0.2) is 25.3 Å². The summed E-state index contributed by atoms with van der Waals surface area (Å²) in [5, 5.41) is 8.82. The summed E-state index contributed by atoms with van der Waals surface area (Å²) in [6, 6.07) is 11.8. The van der Waals surface area contributed by atoms with E-state index in [4.69, 9.17) is 19.3 Å². The third-order valence-electron chi connectivity index (χ3n) is 2.95. The van der Waals surface area contributed by atoms with Crippen molar-refractivity contribution in [1.29, 1.82) is 0 Å². The Hall–Kier alpha value is -2.69. The zero-order chi connectivity index (χ0) is 15.2. The molecule has 110 valence electrons. The highest BCUT2D eigenvalue weighted by atomic mass is 16.5. The molecular formula is C16H16O5. The summed E-state index contributed by atoms with van der Waals surface area (Å²) >= 11 is 0. The van der Waals surface area contributed by atoms with Crippen molar-refractivity contribution in [3.8, 4) is 17.2 Å². The van der Waals surface area contributed by atoms with Crippen molar-refractivity contribution in [1.82, 2.24) is 0 Å². The number of ether oxygens (including phenoxy) is 3. The second-order valence-corrected chi connectivity index (χ2v) is 4.31. The van der Waals surface area contributed by atoms with E-state index in [0.717, 1.165) is 5.56 Å². The number of carboxylic acid groups (broad SMARTS) is 1. The van der Waals surface area contributed by atoms with Crippen LogP contribution in [0.4, 0.5) is 0 Å². The Morgan fingerprint density at radius 1 is 1.00 bits per heavy atom. The quantitative estimate of drug-likeness (QED) is 0.885. The molecule has 5 nitrogen and oxygen atoms in total. The lowest BCUT2D eigenvalue weighted by molar-refractivity contribution is 0.0697. The van der Waals surface area contributed by atoms with Gasteiger partial charge in [-0.25, -0.2) is 4.79 Å². The number of carboxylic acids is 1.